The Kier molecular flexibility index (Phi) is 4.76. The molecule has 1 aliphatic heterocycles. The second kappa shape index (κ2) is 6.60. The van der Waals surface area contributed by atoms with Crippen LogP contribution in [0.1, 0.15) is 51.8 Å². The second-order valence-electron chi connectivity index (χ2n) is 6.89. The lowest BCUT2D eigenvalue weighted by Gasteiger charge is -2.34. The number of hydrogen-bond acceptors (Lipinski definition) is 4. The third-order valence-electron chi connectivity index (χ3n) is 4.55. The van der Waals surface area contributed by atoms with Crippen molar-refractivity contribution >= 4 is 17.7 Å². The highest BCUT2D eigenvalue weighted by atomic mass is 32.2. The van der Waals surface area contributed by atoms with Gasteiger partial charge in [0.15, 0.2) is 5.16 Å². The molecule has 0 radical (unpaired) electrons. The van der Waals surface area contributed by atoms with Crippen LogP contribution in [0.25, 0.3) is 0 Å². The first-order chi connectivity index (χ1) is 10.6. The summed E-state index contributed by atoms with van der Waals surface area (Å²) in [6.45, 7) is 9.27. The second-order valence-corrected chi connectivity index (χ2v) is 7.84. The maximum Gasteiger partial charge on any atom is 0.233 e. The third-order valence-corrected chi connectivity index (χ3v) is 5.50. The number of hydrogen-bond donors (Lipinski definition) is 0. The molecule has 2 atom stereocenters. The number of amides is 1. The maximum absolute atomic E-state index is 12.5. The molecular formula is C16H26N4OS. The normalized spacial score (nSPS) is 25.5. The molecule has 2 heterocycles. The molecule has 2 aliphatic rings. The molecule has 1 aromatic rings. The van der Waals surface area contributed by atoms with Crippen LogP contribution in [0.3, 0.4) is 0 Å². The molecule has 0 N–H and O–H groups in total. The summed E-state index contributed by atoms with van der Waals surface area (Å²) in [7, 11) is 0. The van der Waals surface area contributed by atoms with Crippen LogP contribution in [0.2, 0.25) is 0 Å². The Morgan fingerprint density at radius 1 is 1.23 bits per heavy atom. The van der Waals surface area contributed by atoms with Crippen LogP contribution >= 0.6 is 11.8 Å². The first-order valence-corrected chi connectivity index (χ1v) is 9.40. The van der Waals surface area contributed by atoms with Crippen LogP contribution in [-0.4, -0.2) is 44.4 Å². The Labute approximate surface area is 136 Å². The number of carbonyl (C=O) groups excluding carboxylic acids is 1. The van der Waals surface area contributed by atoms with Crippen molar-refractivity contribution in [3.05, 3.63) is 5.82 Å². The predicted octanol–water partition coefficient (Wildman–Crippen LogP) is 2.77. The smallest absolute Gasteiger partial charge is 0.233 e. The third kappa shape index (κ3) is 3.47. The highest BCUT2D eigenvalue weighted by molar-refractivity contribution is 7.99. The SMILES string of the molecule is CCn1c(SCC(=O)N2CC(C)CC(C)C2)nnc1C1CC1. The van der Waals surface area contributed by atoms with Gasteiger partial charge in [-0.2, -0.15) is 0 Å². The summed E-state index contributed by atoms with van der Waals surface area (Å²) in [4.78, 5) is 14.5. The van der Waals surface area contributed by atoms with Crippen molar-refractivity contribution in [1.82, 2.24) is 19.7 Å². The molecule has 1 aliphatic carbocycles. The minimum Gasteiger partial charge on any atom is -0.341 e. The molecule has 1 amide bonds. The van der Waals surface area contributed by atoms with Crippen LogP contribution in [0.15, 0.2) is 5.16 Å². The molecule has 2 unspecified atom stereocenters. The lowest BCUT2D eigenvalue weighted by Crippen LogP contribution is -2.43. The largest absolute Gasteiger partial charge is 0.341 e. The fourth-order valence-electron chi connectivity index (χ4n) is 3.43. The first kappa shape index (κ1) is 15.8. The van der Waals surface area contributed by atoms with Crippen molar-refractivity contribution in [1.29, 1.82) is 0 Å². The van der Waals surface area contributed by atoms with E-state index in [0.29, 0.717) is 23.5 Å². The monoisotopic (exact) mass is 322 g/mol. The standard InChI is InChI=1S/C16H26N4OS/c1-4-20-15(13-5-6-13)17-18-16(20)22-10-14(21)19-8-11(2)7-12(3)9-19/h11-13H,4-10H2,1-3H3. The van der Waals surface area contributed by atoms with Gasteiger partial charge < -0.3 is 9.47 Å². The van der Waals surface area contributed by atoms with Gasteiger partial charge in [-0.05, 0) is 38.0 Å². The topological polar surface area (TPSA) is 51.0 Å². The lowest BCUT2D eigenvalue weighted by molar-refractivity contribution is -0.130. The molecule has 122 valence electrons. The number of carbonyl (C=O) groups is 1. The molecule has 1 aromatic heterocycles. The van der Waals surface area contributed by atoms with E-state index in [1.165, 1.54) is 31.0 Å². The zero-order valence-electron chi connectivity index (χ0n) is 13.8. The summed E-state index contributed by atoms with van der Waals surface area (Å²) in [5.41, 5.74) is 0. The van der Waals surface area contributed by atoms with Gasteiger partial charge in [0.2, 0.25) is 5.91 Å². The number of nitrogens with zero attached hydrogens (tertiary/aromatic N) is 4. The van der Waals surface area contributed by atoms with E-state index in [1.54, 1.807) is 0 Å². The summed E-state index contributed by atoms with van der Waals surface area (Å²) >= 11 is 1.54. The number of likely N-dealkylation sites (tertiary alicyclic amines) is 1. The van der Waals surface area contributed by atoms with E-state index in [9.17, 15) is 4.79 Å². The van der Waals surface area contributed by atoms with Crippen molar-refractivity contribution in [3.8, 4) is 0 Å². The van der Waals surface area contributed by atoms with Gasteiger partial charge >= 0.3 is 0 Å². The summed E-state index contributed by atoms with van der Waals surface area (Å²) in [6, 6.07) is 0. The first-order valence-electron chi connectivity index (χ1n) is 8.42. The Morgan fingerprint density at radius 2 is 1.91 bits per heavy atom. The Balaban J connectivity index is 1.59. The quantitative estimate of drug-likeness (QED) is 0.782. The minimum atomic E-state index is 0.238. The van der Waals surface area contributed by atoms with Gasteiger partial charge in [-0.15, -0.1) is 10.2 Å². The number of thioether (sulfide) groups is 1. The molecule has 0 spiro atoms. The van der Waals surface area contributed by atoms with Gasteiger partial charge in [-0.3, -0.25) is 4.79 Å². The van der Waals surface area contributed by atoms with Crippen LogP contribution in [0.5, 0.6) is 0 Å². The van der Waals surface area contributed by atoms with E-state index in [0.717, 1.165) is 30.6 Å². The average molecular weight is 322 g/mol. The van der Waals surface area contributed by atoms with Crippen molar-refractivity contribution in [3.63, 3.8) is 0 Å². The van der Waals surface area contributed by atoms with E-state index in [1.807, 2.05) is 4.90 Å². The molecule has 2 fully saturated rings. The van der Waals surface area contributed by atoms with Crippen molar-refractivity contribution < 1.29 is 4.79 Å². The summed E-state index contributed by atoms with van der Waals surface area (Å²) in [5, 5.41) is 9.53. The molecule has 0 aromatic carbocycles. The molecule has 22 heavy (non-hydrogen) atoms. The molecule has 5 nitrogen and oxygen atoms in total. The number of piperidine rings is 1. The highest BCUT2D eigenvalue weighted by Crippen LogP contribution is 2.40. The molecule has 3 rings (SSSR count). The van der Waals surface area contributed by atoms with Crippen LogP contribution in [0, 0.1) is 11.8 Å². The lowest BCUT2D eigenvalue weighted by atomic mass is 9.92. The van der Waals surface area contributed by atoms with E-state index in [2.05, 4.69) is 35.5 Å². The van der Waals surface area contributed by atoms with Gasteiger partial charge in [0.25, 0.3) is 0 Å². The molecule has 1 saturated carbocycles. The van der Waals surface area contributed by atoms with Crippen molar-refractivity contribution in [2.75, 3.05) is 18.8 Å². The maximum atomic E-state index is 12.5. The van der Waals surface area contributed by atoms with E-state index in [4.69, 9.17) is 0 Å². The van der Waals surface area contributed by atoms with Crippen molar-refractivity contribution in [2.24, 2.45) is 11.8 Å². The van der Waals surface area contributed by atoms with Gasteiger partial charge in [-0.25, -0.2) is 0 Å². The Morgan fingerprint density at radius 3 is 2.50 bits per heavy atom. The van der Waals surface area contributed by atoms with Gasteiger partial charge in [0, 0.05) is 25.6 Å². The minimum absolute atomic E-state index is 0.238. The van der Waals surface area contributed by atoms with Crippen LogP contribution in [-0.2, 0) is 11.3 Å². The van der Waals surface area contributed by atoms with Crippen molar-refractivity contribution in [2.45, 2.75) is 57.7 Å². The molecular weight excluding hydrogens is 296 g/mol. The Hall–Kier alpha value is -1.04. The average Bonchev–Trinajstić information content (AvgIpc) is 3.24. The number of rotatable bonds is 5. The van der Waals surface area contributed by atoms with E-state index >= 15 is 0 Å². The Bertz CT molecular complexity index is 530. The van der Waals surface area contributed by atoms with Crippen LogP contribution < -0.4 is 0 Å². The molecule has 6 heteroatoms. The van der Waals surface area contributed by atoms with E-state index < -0.39 is 0 Å². The van der Waals surface area contributed by atoms with E-state index in [-0.39, 0.29) is 5.91 Å². The summed E-state index contributed by atoms with van der Waals surface area (Å²) in [5.74, 6) is 3.64. The summed E-state index contributed by atoms with van der Waals surface area (Å²) in [6.07, 6.45) is 3.68. The highest BCUT2D eigenvalue weighted by Gasteiger charge is 2.30. The van der Waals surface area contributed by atoms with Crippen LogP contribution in [0.4, 0.5) is 0 Å². The predicted molar refractivity (Wildman–Crippen MR) is 87.9 cm³/mol. The molecule has 0 bridgehead atoms. The number of aromatic nitrogens is 3. The zero-order valence-corrected chi connectivity index (χ0v) is 14.6. The fourth-order valence-corrected chi connectivity index (χ4v) is 4.34. The molecule has 1 saturated heterocycles. The summed E-state index contributed by atoms with van der Waals surface area (Å²) < 4.78 is 2.18. The van der Waals surface area contributed by atoms with Gasteiger partial charge in [-0.1, -0.05) is 25.6 Å². The zero-order chi connectivity index (χ0) is 15.7. The van der Waals surface area contributed by atoms with Gasteiger partial charge in [0.05, 0.1) is 5.75 Å². The van der Waals surface area contributed by atoms with Gasteiger partial charge in [0.1, 0.15) is 5.82 Å². The fraction of sp³-hybridized carbons (Fsp3) is 0.812.